The smallest absolute Gasteiger partial charge is 0.0239 e. The summed E-state index contributed by atoms with van der Waals surface area (Å²) in [6.45, 7) is 14.0. The Hall–Kier alpha value is -0.520. The minimum atomic E-state index is 0.736. The summed E-state index contributed by atoms with van der Waals surface area (Å²) in [5.74, 6) is 1.52. The molecule has 0 aliphatic rings. The molecule has 0 amide bonds. The van der Waals surface area contributed by atoms with E-state index in [2.05, 4.69) is 46.4 Å². The van der Waals surface area contributed by atoms with Gasteiger partial charge in [-0.3, -0.25) is 0 Å². The van der Waals surface area contributed by atoms with E-state index in [9.17, 15) is 0 Å². The molecular formula is C11H22. The average Bonchev–Trinajstić information content (AvgIpc) is 1.90. The number of rotatable bonds is 2. The normalized spacial score (nSPS) is 12.5. The summed E-state index contributed by atoms with van der Waals surface area (Å²) in [7, 11) is 0. The minimum Gasteiger partial charge on any atom is -0.103 e. The maximum Gasteiger partial charge on any atom is -0.0239 e. The lowest BCUT2D eigenvalue weighted by Gasteiger charge is -2.08. The van der Waals surface area contributed by atoms with Gasteiger partial charge in [-0.15, -0.1) is 6.58 Å². The first-order chi connectivity index (χ1) is 5.09. The van der Waals surface area contributed by atoms with Crippen LogP contribution in [0.15, 0.2) is 24.8 Å². The van der Waals surface area contributed by atoms with Gasteiger partial charge in [-0.2, -0.15) is 0 Å². The van der Waals surface area contributed by atoms with Crippen LogP contribution < -0.4 is 0 Å². The third kappa shape index (κ3) is 12.6. The van der Waals surface area contributed by atoms with Gasteiger partial charge in [0, 0.05) is 0 Å². The van der Waals surface area contributed by atoms with E-state index in [0.717, 1.165) is 11.8 Å². The van der Waals surface area contributed by atoms with Crippen molar-refractivity contribution in [3.63, 3.8) is 0 Å². The molecule has 1 atom stereocenters. The van der Waals surface area contributed by atoms with Gasteiger partial charge in [-0.1, -0.05) is 39.0 Å². The summed E-state index contributed by atoms with van der Waals surface area (Å²) < 4.78 is 0. The van der Waals surface area contributed by atoms with Gasteiger partial charge in [0.05, 0.1) is 0 Å². The first kappa shape index (κ1) is 13.1. The molecule has 0 aliphatic heterocycles. The molecule has 0 saturated carbocycles. The van der Waals surface area contributed by atoms with Crippen molar-refractivity contribution in [1.82, 2.24) is 0 Å². The Morgan fingerprint density at radius 1 is 1.09 bits per heavy atom. The zero-order valence-corrected chi connectivity index (χ0v) is 8.59. The summed E-state index contributed by atoms with van der Waals surface area (Å²) in [6.07, 6.45) is 6.11. The maximum absolute atomic E-state index is 3.36. The summed E-state index contributed by atoms with van der Waals surface area (Å²) in [5, 5.41) is 0. The van der Waals surface area contributed by atoms with E-state index >= 15 is 0 Å². The van der Waals surface area contributed by atoms with Gasteiger partial charge in [0.15, 0.2) is 0 Å². The third-order valence-corrected chi connectivity index (χ3v) is 1.55. The highest BCUT2D eigenvalue weighted by Crippen LogP contribution is 2.09. The predicted octanol–water partition coefficient (Wildman–Crippen LogP) is 4.05. The molecule has 66 valence electrons. The van der Waals surface area contributed by atoms with E-state index in [1.165, 1.54) is 0 Å². The van der Waals surface area contributed by atoms with E-state index in [1.807, 2.05) is 6.92 Å². The van der Waals surface area contributed by atoms with Crippen molar-refractivity contribution >= 4 is 0 Å². The van der Waals surface area contributed by atoms with E-state index in [4.69, 9.17) is 0 Å². The molecule has 1 unspecified atom stereocenters. The van der Waals surface area contributed by atoms with Crippen LogP contribution in [0.25, 0.3) is 0 Å². The molecule has 0 fully saturated rings. The molecule has 0 aliphatic carbocycles. The van der Waals surface area contributed by atoms with Gasteiger partial charge in [0.25, 0.3) is 0 Å². The lowest BCUT2D eigenvalue weighted by Crippen LogP contribution is -1.98. The Bertz CT molecular complexity index is 98.6. The first-order valence-electron chi connectivity index (χ1n) is 4.29. The second-order valence-electron chi connectivity index (χ2n) is 3.04. The SMILES string of the molecule is C/C=C/C(C)C(C)C.C=CC. The lowest BCUT2D eigenvalue weighted by atomic mass is 9.98. The number of hydrogen-bond acceptors (Lipinski definition) is 0. The lowest BCUT2D eigenvalue weighted by molar-refractivity contribution is 0.504. The van der Waals surface area contributed by atoms with Crippen LogP contribution in [0.5, 0.6) is 0 Å². The van der Waals surface area contributed by atoms with Crippen molar-refractivity contribution in [1.29, 1.82) is 0 Å². The quantitative estimate of drug-likeness (QED) is 0.526. The van der Waals surface area contributed by atoms with Crippen LogP contribution in [0.1, 0.15) is 34.6 Å². The van der Waals surface area contributed by atoms with Gasteiger partial charge >= 0.3 is 0 Å². The fourth-order valence-corrected chi connectivity index (χ4v) is 0.526. The number of allylic oxidation sites excluding steroid dienone is 3. The van der Waals surface area contributed by atoms with Crippen LogP contribution in [0, 0.1) is 11.8 Å². The molecule has 0 rings (SSSR count). The fourth-order valence-electron chi connectivity index (χ4n) is 0.526. The second-order valence-corrected chi connectivity index (χ2v) is 3.04. The molecule has 0 aromatic rings. The molecule has 0 saturated heterocycles. The highest BCUT2D eigenvalue weighted by atomic mass is 14.0. The highest BCUT2D eigenvalue weighted by Gasteiger charge is 1.99. The average molecular weight is 154 g/mol. The van der Waals surface area contributed by atoms with Crippen molar-refractivity contribution in [2.24, 2.45) is 11.8 Å². The Balaban J connectivity index is 0. The molecule has 0 bridgehead atoms. The van der Waals surface area contributed by atoms with Gasteiger partial charge in [-0.05, 0) is 25.7 Å². The van der Waals surface area contributed by atoms with Gasteiger partial charge in [-0.25, -0.2) is 0 Å². The first-order valence-corrected chi connectivity index (χ1v) is 4.29. The van der Waals surface area contributed by atoms with Crippen LogP contribution in [0.3, 0.4) is 0 Å². The molecule has 0 aromatic heterocycles. The van der Waals surface area contributed by atoms with Crippen LogP contribution in [0.4, 0.5) is 0 Å². The van der Waals surface area contributed by atoms with Crippen LogP contribution in [0.2, 0.25) is 0 Å². The summed E-state index contributed by atoms with van der Waals surface area (Å²) >= 11 is 0. The Kier molecular flexibility index (Phi) is 11.3. The Morgan fingerprint density at radius 2 is 1.45 bits per heavy atom. The molecule has 11 heavy (non-hydrogen) atoms. The van der Waals surface area contributed by atoms with Gasteiger partial charge in [0.2, 0.25) is 0 Å². The molecule has 0 heterocycles. The molecule has 0 aromatic carbocycles. The van der Waals surface area contributed by atoms with E-state index in [1.54, 1.807) is 6.08 Å². The molecule has 0 spiro atoms. The minimum absolute atomic E-state index is 0.736. The van der Waals surface area contributed by atoms with Gasteiger partial charge in [0.1, 0.15) is 0 Å². The predicted molar refractivity (Wildman–Crippen MR) is 54.7 cm³/mol. The summed E-state index contributed by atoms with van der Waals surface area (Å²) in [6, 6.07) is 0. The van der Waals surface area contributed by atoms with E-state index in [-0.39, 0.29) is 0 Å². The monoisotopic (exact) mass is 154 g/mol. The van der Waals surface area contributed by atoms with Crippen molar-refractivity contribution in [3.05, 3.63) is 24.8 Å². The van der Waals surface area contributed by atoms with Crippen LogP contribution >= 0.6 is 0 Å². The number of hydrogen-bond donors (Lipinski definition) is 0. The Morgan fingerprint density at radius 3 is 1.55 bits per heavy atom. The van der Waals surface area contributed by atoms with E-state index in [0.29, 0.717) is 0 Å². The van der Waals surface area contributed by atoms with Crippen LogP contribution in [-0.4, -0.2) is 0 Å². The molecule has 0 nitrogen and oxygen atoms in total. The van der Waals surface area contributed by atoms with Crippen molar-refractivity contribution in [2.75, 3.05) is 0 Å². The molecule has 0 N–H and O–H groups in total. The van der Waals surface area contributed by atoms with Crippen molar-refractivity contribution in [3.8, 4) is 0 Å². The van der Waals surface area contributed by atoms with Crippen LogP contribution in [-0.2, 0) is 0 Å². The largest absolute Gasteiger partial charge is 0.103 e. The maximum atomic E-state index is 3.36. The zero-order chi connectivity index (χ0) is 9.28. The van der Waals surface area contributed by atoms with E-state index < -0.39 is 0 Å². The molecular weight excluding hydrogens is 132 g/mol. The standard InChI is InChI=1S/C8H16.C3H6/c1-5-6-8(4)7(2)3;1-3-2/h5-8H,1-4H3;3H,1H2,2H3/b6-5+;. The topological polar surface area (TPSA) is 0 Å². The second kappa shape index (κ2) is 9.48. The molecule has 0 radical (unpaired) electrons. The van der Waals surface area contributed by atoms with Crippen molar-refractivity contribution < 1.29 is 0 Å². The van der Waals surface area contributed by atoms with Crippen molar-refractivity contribution in [2.45, 2.75) is 34.6 Å². The summed E-state index contributed by atoms with van der Waals surface area (Å²) in [5.41, 5.74) is 0. The highest BCUT2D eigenvalue weighted by molar-refractivity contribution is 4.84. The molecule has 0 heteroatoms. The zero-order valence-electron chi connectivity index (χ0n) is 8.59. The third-order valence-electron chi connectivity index (χ3n) is 1.55. The Labute approximate surface area is 72.0 Å². The summed E-state index contributed by atoms with van der Waals surface area (Å²) in [4.78, 5) is 0. The fraction of sp³-hybridized carbons (Fsp3) is 0.636. The van der Waals surface area contributed by atoms with Gasteiger partial charge < -0.3 is 0 Å².